The van der Waals surface area contributed by atoms with E-state index in [0.717, 1.165) is 23.0 Å². The lowest BCUT2D eigenvalue weighted by Gasteiger charge is -2.30. The topological polar surface area (TPSA) is 104 Å². The van der Waals surface area contributed by atoms with Crippen molar-refractivity contribution in [2.75, 3.05) is 29.7 Å². The van der Waals surface area contributed by atoms with Crippen molar-refractivity contribution in [3.63, 3.8) is 0 Å². The lowest BCUT2D eigenvalue weighted by atomic mass is 10.1. The number of rotatable bonds is 9. The summed E-state index contributed by atoms with van der Waals surface area (Å²) in [5.74, 6) is -0.752. The number of hydrogen-bond donors (Lipinski definition) is 1. The van der Waals surface area contributed by atoms with Crippen LogP contribution in [0, 0.1) is 0 Å². The van der Waals surface area contributed by atoms with Crippen LogP contribution in [0.5, 0.6) is 0 Å². The normalized spacial score (nSPS) is 17.3. The van der Waals surface area contributed by atoms with Crippen molar-refractivity contribution in [1.29, 1.82) is 0 Å². The third-order valence-electron chi connectivity index (χ3n) is 5.36. The van der Waals surface area contributed by atoms with E-state index in [1.54, 1.807) is 0 Å². The van der Waals surface area contributed by atoms with Crippen LogP contribution >= 0.6 is 0 Å². The Morgan fingerprint density at radius 2 is 1.65 bits per heavy atom. The Morgan fingerprint density at radius 1 is 1.03 bits per heavy atom. The van der Waals surface area contributed by atoms with Gasteiger partial charge in [0, 0.05) is 19.0 Å². The summed E-state index contributed by atoms with van der Waals surface area (Å²) in [6.07, 6.45) is -0.0732. The second kappa shape index (κ2) is 9.47. The molecule has 0 aromatic heterocycles. The molecule has 1 N–H and O–H groups in total. The Labute approximate surface area is 184 Å². The van der Waals surface area contributed by atoms with Crippen molar-refractivity contribution in [1.82, 2.24) is 9.62 Å². The third kappa shape index (κ3) is 5.15. The first-order valence-electron chi connectivity index (χ1n) is 10.1. The number of anilines is 1. The molecule has 0 radical (unpaired) electrons. The molecule has 0 aliphatic carbocycles. The van der Waals surface area contributed by atoms with Gasteiger partial charge in [-0.2, -0.15) is 0 Å². The molecular weight excluding hydrogens is 438 g/mol. The largest absolute Gasteiger partial charge is 0.296 e. The van der Waals surface area contributed by atoms with Crippen molar-refractivity contribution in [3.05, 3.63) is 60.2 Å². The number of hydrogen-bond acceptors (Lipinski definition) is 6. The minimum atomic E-state index is -3.83. The van der Waals surface area contributed by atoms with Crippen LogP contribution < -0.4 is 9.03 Å². The van der Waals surface area contributed by atoms with Crippen LogP contribution in [0.2, 0.25) is 0 Å². The zero-order chi connectivity index (χ0) is 22.6. The number of amides is 1. The summed E-state index contributed by atoms with van der Waals surface area (Å²) in [5.41, 5.74) is 1.16. The minimum absolute atomic E-state index is 0.00616. The maximum atomic E-state index is 12.9. The molecule has 1 heterocycles. The van der Waals surface area contributed by atoms with Gasteiger partial charge in [0.2, 0.25) is 26.0 Å². The first kappa shape index (κ1) is 23.4. The Kier molecular flexibility index (Phi) is 7.15. The Hall–Kier alpha value is -2.27. The molecule has 8 nitrogen and oxygen atoms in total. The molecule has 1 aliphatic rings. The number of nitrogens with zero attached hydrogens (tertiary/aromatic N) is 2. The first-order valence-corrected chi connectivity index (χ1v) is 13.2. The standard InChI is InChI=1S/C21H27N3O5S2/c1-3-23(4-2)20(17-8-6-5-7-9-17)16-22-31(28,29)19-12-10-18(11-13-19)24-21(25)14-15-30(24,26)27/h5-13,20,22H,3-4,14-16H2,1-2H3. The second-order valence-corrected chi connectivity index (χ2v) is 10.9. The zero-order valence-electron chi connectivity index (χ0n) is 17.6. The van der Waals surface area contributed by atoms with Gasteiger partial charge in [0.15, 0.2) is 0 Å². The molecule has 31 heavy (non-hydrogen) atoms. The highest BCUT2D eigenvalue weighted by molar-refractivity contribution is 7.94. The van der Waals surface area contributed by atoms with Gasteiger partial charge >= 0.3 is 0 Å². The van der Waals surface area contributed by atoms with E-state index < -0.39 is 26.0 Å². The third-order valence-corrected chi connectivity index (χ3v) is 8.49. The van der Waals surface area contributed by atoms with Crippen molar-refractivity contribution in [2.24, 2.45) is 0 Å². The predicted molar refractivity (Wildman–Crippen MR) is 120 cm³/mol. The quantitative estimate of drug-likeness (QED) is 0.608. The van der Waals surface area contributed by atoms with Gasteiger partial charge in [0.1, 0.15) is 0 Å². The molecule has 1 saturated heterocycles. The van der Waals surface area contributed by atoms with Crippen LogP contribution in [-0.2, 0) is 24.8 Å². The fourth-order valence-electron chi connectivity index (χ4n) is 3.70. The lowest BCUT2D eigenvalue weighted by Crippen LogP contribution is -2.38. The molecule has 0 bridgehead atoms. The van der Waals surface area contributed by atoms with Gasteiger partial charge in [-0.3, -0.25) is 9.69 Å². The number of sulfonamides is 2. The molecule has 2 aromatic carbocycles. The average molecular weight is 466 g/mol. The van der Waals surface area contributed by atoms with E-state index in [-0.39, 0.29) is 35.3 Å². The molecule has 2 aromatic rings. The molecular formula is C21H27N3O5S2. The molecule has 3 rings (SSSR count). The Bertz CT molecular complexity index is 1110. The maximum Gasteiger partial charge on any atom is 0.242 e. The fraction of sp³-hybridized carbons (Fsp3) is 0.381. The van der Waals surface area contributed by atoms with Crippen LogP contribution in [0.1, 0.15) is 31.9 Å². The monoisotopic (exact) mass is 465 g/mol. The summed E-state index contributed by atoms with van der Waals surface area (Å²) in [4.78, 5) is 14.1. The van der Waals surface area contributed by atoms with Gasteiger partial charge in [-0.05, 0) is 42.9 Å². The number of likely N-dealkylation sites (N-methyl/N-ethyl adjacent to an activating group) is 1. The number of carbonyl (C=O) groups excluding carboxylic acids is 1. The van der Waals surface area contributed by atoms with Crippen molar-refractivity contribution in [2.45, 2.75) is 31.2 Å². The fourth-order valence-corrected chi connectivity index (χ4v) is 6.20. The highest BCUT2D eigenvalue weighted by Crippen LogP contribution is 2.26. The number of nitrogens with one attached hydrogen (secondary N) is 1. The van der Waals surface area contributed by atoms with E-state index in [0.29, 0.717) is 0 Å². The van der Waals surface area contributed by atoms with Gasteiger partial charge in [-0.25, -0.2) is 25.9 Å². The van der Waals surface area contributed by atoms with Crippen LogP contribution in [0.15, 0.2) is 59.5 Å². The van der Waals surface area contributed by atoms with E-state index in [9.17, 15) is 21.6 Å². The molecule has 0 spiro atoms. The van der Waals surface area contributed by atoms with Gasteiger partial charge in [-0.1, -0.05) is 44.2 Å². The molecule has 1 amide bonds. The van der Waals surface area contributed by atoms with Crippen LogP contribution in [-0.4, -0.2) is 53.0 Å². The molecule has 168 valence electrons. The SMILES string of the molecule is CCN(CC)C(CNS(=O)(=O)c1ccc(N2C(=O)CCS2(=O)=O)cc1)c1ccccc1. The Balaban J connectivity index is 1.79. The van der Waals surface area contributed by atoms with Gasteiger partial charge in [-0.15, -0.1) is 0 Å². The molecule has 1 unspecified atom stereocenters. The second-order valence-electron chi connectivity index (χ2n) is 7.22. The first-order chi connectivity index (χ1) is 14.7. The van der Waals surface area contributed by atoms with Crippen LogP contribution in [0.3, 0.4) is 0 Å². The smallest absolute Gasteiger partial charge is 0.242 e. The summed E-state index contributed by atoms with van der Waals surface area (Å²) in [6, 6.07) is 14.9. The van der Waals surface area contributed by atoms with Gasteiger partial charge in [0.25, 0.3) is 0 Å². The summed E-state index contributed by atoms with van der Waals surface area (Å²) < 4.78 is 53.2. The van der Waals surface area contributed by atoms with Crippen molar-refractivity contribution >= 4 is 31.6 Å². The zero-order valence-corrected chi connectivity index (χ0v) is 19.2. The number of benzene rings is 2. The van der Waals surface area contributed by atoms with Crippen LogP contribution in [0.25, 0.3) is 0 Å². The number of carbonyl (C=O) groups is 1. The van der Waals surface area contributed by atoms with Crippen molar-refractivity contribution in [3.8, 4) is 0 Å². The highest BCUT2D eigenvalue weighted by atomic mass is 32.2. The highest BCUT2D eigenvalue weighted by Gasteiger charge is 2.36. The summed E-state index contributed by atoms with van der Waals surface area (Å²) in [7, 11) is -7.52. The molecule has 0 saturated carbocycles. The maximum absolute atomic E-state index is 12.9. The minimum Gasteiger partial charge on any atom is -0.296 e. The predicted octanol–water partition coefficient (Wildman–Crippen LogP) is 2.11. The molecule has 1 atom stereocenters. The van der Waals surface area contributed by atoms with Gasteiger partial charge in [0.05, 0.1) is 16.3 Å². The van der Waals surface area contributed by atoms with Crippen molar-refractivity contribution < 1.29 is 21.6 Å². The van der Waals surface area contributed by atoms with Crippen LogP contribution in [0.4, 0.5) is 5.69 Å². The summed E-state index contributed by atoms with van der Waals surface area (Å²) >= 11 is 0. The summed E-state index contributed by atoms with van der Waals surface area (Å²) in [6.45, 7) is 5.78. The van der Waals surface area contributed by atoms with Gasteiger partial charge < -0.3 is 0 Å². The Morgan fingerprint density at radius 3 is 2.16 bits per heavy atom. The lowest BCUT2D eigenvalue weighted by molar-refractivity contribution is -0.116. The van der Waals surface area contributed by atoms with E-state index in [2.05, 4.69) is 9.62 Å². The van der Waals surface area contributed by atoms with E-state index in [4.69, 9.17) is 0 Å². The molecule has 1 aliphatic heterocycles. The summed E-state index contributed by atoms with van der Waals surface area (Å²) in [5, 5.41) is 0. The van der Waals surface area contributed by atoms with E-state index in [1.165, 1.54) is 24.3 Å². The van der Waals surface area contributed by atoms with E-state index in [1.807, 2.05) is 44.2 Å². The molecule has 10 heteroatoms. The van der Waals surface area contributed by atoms with E-state index >= 15 is 0 Å². The average Bonchev–Trinajstić information content (AvgIpc) is 3.04. The molecule has 1 fully saturated rings.